The lowest BCUT2D eigenvalue weighted by atomic mass is 9.97. The van der Waals surface area contributed by atoms with Gasteiger partial charge in [0.2, 0.25) is 12.1 Å². The van der Waals surface area contributed by atoms with Crippen molar-refractivity contribution in [3.8, 4) is 0 Å². The molecule has 4 rings (SSSR count). The third-order valence-corrected chi connectivity index (χ3v) is 11.0. The largest absolute Gasteiger partial charge is 0.454 e. The number of ether oxygens (including phenoxy) is 8. The van der Waals surface area contributed by atoms with Gasteiger partial charge in [0.25, 0.3) is 0 Å². The molecule has 13 N–H and O–H groups in total. The molecule has 0 saturated carbocycles. The normalized spacial score (nSPS) is 43.4. The Bertz CT molecular complexity index is 1200. The Labute approximate surface area is 335 Å². The van der Waals surface area contributed by atoms with Crippen molar-refractivity contribution in [1.29, 1.82) is 0 Å². The fraction of sp³-hybridized carbons (Fsp3) is 0.972. The van der Waals surface area contributed by atoms with Gasteiger partial charge in [-0.25, -0.2) is 0 Å². The maximum Gasteiger partial charge on any atom is 0.306 e. The van der Waals surface area contributed by atoms with Crippen LogP contribution in [0.4, 0.5) is 0 Å². The first-order valence-corrected chi connectivity index (χ1v) is 20.0. The smallest absolute Gasteiger partial charge is 0.306 e. The Morgan fingerprint density at radius 3 is 1.50 bits per heavy atom. The standard InChI is InChI=1S/C36H64O22/c1-2-3-4-5-6-7-8-9-10-11-21(40)56-31-28(47)24(43)20(55-35(31)58-36(16-39)32(50)25(44)18(13-38)57-36)15-52-34-30(49)27(46)23(42)19(54-34)14-51-33-29(48)26(45)22(41)17(12-37)53-33/h17-20,22-35,37-39,41-50H,2-16H2,1H3/t17-,18-,19-,20-,22+,23+,24-,25-,26+,27-,28+,29-,30-,31-,32+,33+,34+,35-,36+/m1/s1. The van der Waals surface area contributed by atoms with E-state index in [1.807, 2.05) is 0 Å². The van der Waals surface area contributed by atoms with Gasteiger partial charge in [0.05, 0.1) is 26.4 Å². The maximum absolute atomic E-state index is 13.0. The lowest BCUT2D eigenvalue weighted by Crippen LogP contribution is -2.64. The van der Waals surface area contributed by atoms with E-state index in [9.17, 15) is 71.2 Å². The van der Waals surface area contributed by atoms with Crippen molar-refractivity contribution < 1.29 is 109 Å². The van der Waals surface area contributed by atoms with Crippen LogP contribution in [-0.2, 0) is 42.7 Å². The highest BCUT2D eigenvalue weighted by atomic mass is 16.8. The molecule has 4 saturated heterocycles. The van der Waals surface area contributed by atoms with E-state index >= 15 is 0 Å². The molecular formula is C36H64O22. The Balaban J connectivity index is 1.41. The highest BCUT2D eigenvalue weighted by Gasteiger charge is 2.59. The second-order valence-electron chi connectivity index (χ2n) is 15.3. The van der Waals surface area contributed by atoms with Gasteiger partial charge < -0.3 is 104 Å². The van der Waals surface area contributed by atoms with Gasteiger partial charge >= 0.3 is 5.97 Å². The average molecular weight is 849 g/mol. The number of hydrogen-bond acceptors (Lipinski definition) is 22. The zero-order valence-electron chi connectivity index (χ0n) is 32.5. The lowest BCUT2D eigenvalue weighted by molar-refractivity contribution is -0.388. The Kier molecular flexibility index (Phi) is 19.7. The minimum atomic E-state index is -2.48. The van der Waals surface area contributed by atoms with E-state index in [0.717, 1.165) is 38.5 Å². The molecule has 0 spiro atoms. The Morgan fingerprint density at radius 1 is 0.534 bits per heavy atom. The van der Waals surface area contributed by atoms with Crippen molar-refractivity contribution in [3.05, 3.63) is 0 Å². The maximum atomic E-state index is 13.0. The third kappa shape index (κ3) is 12.0. The minimum absolute atomic E-state index is 0.0731. The minimum Gasteiger partial charge on any atom is -0.454 e. The SMILES string of the molecule is CCCCCCCCCCCC(=O)O[C@H]1[C@@H](O[C@]2(CO)O[C@H](CO)[C@@H](O)[C@@H]2O)O[C@H](CO[C@H]2O[C@H](CO[C@H]3O[C@H](CO)[C@H](O)[C@H](O)[C@H]3O)[C@H](O)[C@@H](O)[C@H]2O)[C@@H](O)[C@@H]1O. The molecule has 4 heterocycles. The molecule has 0 unspecified atom stereocenters. The predicted molar refractivity (Wildman–Crippen MR) is 190 cm³/mol. The van der Waals surface area contributed by atoms with Crippen LogP contribution in [-0.4, -0.2) is 222 Å². The van der Waals surface area contributed by atoms with Crippen molar-refractivity contribution >= 4 is 5.97 Å². The first-order chi connectivity index (χ1) is 27.6. The first kappa shape index (κ1) is 49.3. The van der Waals surface area contributed by atoms with Gasteiger partial charge in [-0.2, -0.15) is 0 Å². The van der Waals surface area contributed by atoms with E-state index in [1.165, 1.54) is 12.8 Å². The van der Waals surface area contributed by atoms with E-state index in [1.54, 1.807) is 0 Å². The van der Waals surface area contributed by atoms with Gasteiger partial charge in [-0.15, -0.1) is 0 Å². The van der Waals surface area contributed by atoms with Gasteiger partial charge in [-0.3, -0.25) is 4.79 Å². The lowest BCUT2D eigenvalue weighted by Gasteiger charge is -2.45. The van der Waals surface area contributed by atoms with E-state index in [4.69, 9.17) is 37.9 Å². The third-order valence-electron chi connectivity index (χ3n) is 11.0. The molecule has 0 aromatic heterocycles. The first-order valence-electron chi connectivity index (χ1n) is 20.0. The summed E-state index contributed by atoms with van der Waals surface area (Å²) >= 11 is 0. The van der Waals surface area contributed by atoms with Gasteiger partial charge in [0, 0.05) is 6.42 Å². The van der Waals surface area contributed by atoms with Crippen LogP contribution in [0.5, 0.6) is 0 Å². The predicted octanol–water partition coefficient (Wildman–Crippen LogP) is -5.28. The molecule has 22 nitrogen and oxygen atoms in total. The van der Waals surface area contributed by atoms with Gasteiger partial charge in [-0.05, 0) is 6.42 Å². The van der Waals surface area contributed by atoms with Crippen LogP contribution in [0.2, 0.25) is 0 Å². The summed E-state index contributed by atoms with van der Waals surface area (Å²) in [5.74, 6) is -3.28. The molecule has 0 amide bonds. The van der Waals surface area contributed by atoms with Gasteiger partial charge in [-0.1, -0.05) is 58.3 Å². The van der Waals surface area contributed by atoms with Crippen LogP contribution < -0.4 is 0 Å². The quantitative estimate of drug-likeness (QED) is 0.0357. The molecule has 0 aliphatic carbocycles. The van der Waals surface area contributed by atoms with Crippen LogP contribution in [0, 0.1) is 0 Å². The van der Waals surface area contributed by atoms with Crippen LogP contribution in [0.15, 0.2) is 0 Å². The van der Waals surface area contributed by atoms with Crippen molar-refractivity contribution in [2.45, 2.75) is 187 Å². The summed E-state index contributed by atoms with van der Waals surface area (Å²) < 4.78 is 44.5. The molecule has 340 valence electrons. The molecule has 4 fully saturated rings. The van der Waals surface area contributed by atoms with Crippen LogP contribution in [0.25, 0.3) is 0 Å². The molecule has 0 bridgehead atoms. The number of carbonyl (C=O) groups excluding carboxylic acids is 1. The van der Waals surface area contributed by atoms with E-state index in [2.05, 4.69) is 6.92 Å². The molecule has 4 aliphatic rings. The summed E-state index contributed by atoms with van der Waals surface area (Å²) in [7, 11) is 0. The second-order valence-corrected chi connectivity index (χ2v) is 15.3. The highest BCUT2D eigenvalue weighted by molar-refractivity contribution is 5.69. The van der Waals surface area contributed by atoms with Gasteiger partial charge in [0.1, 0.15) is 92.1 Å². The van der Waals surface area contributed by atoms with Crippen molar-refractivity contribution in [2.24, 2.45) is 0 Å². The molecule has 0 aromatic rings. The zero-order chi connectivity index (χ0) is 42.7. The zero-order valence-corrected chi connectivity index (χ0v) is 32.5. The number of aliphatic hydroxyl groups excluding tert-OH is 13. The van der Waals surface area contributed by atoms with Crippen LogP contribution in [0.1, 0.15) is 71.1 Å². The molecule has 19 atom stereocenters. The van der Waals surface area contributed by atoms with Crippen molar-refractivity contribution in [2.75, 3.05) is 33.0 Å². The van der Waals surface area contributed by atoms with Crippen LogP contribution >= 0.6 is 0 Å². The monoisotopic (exact) mass is 848 g/mol. The summed E-state index contributed by atoms with van der Waals surface area (Å²) in [5, 5.41) is 135. The summed E-state index contributed by atoms with van der Waals surface area (Å²) in [5.41, 5.74) is 0. The number of esters is 1. The summed E-state index contributed by atoms with van der Waals surface area (Å²) in [6.45, 7) is -1.96. The summed E-state index contributed by atoms with van der Waals surface area (Å²) in [6, 6.07) is 0. The number of carbonyl (C=O) groups is 1. The second kappa shape index (κ2) is 23.2. The fourth-order valence-corrected chi connectivity index (χ4v) is 7.30. The fourth-order valence-electron chi connectivity index (χ4n) is 7.30. The number of unbranched alkanes of at least 4 members (excludes halogenated alkanes) is 8. The average Bonchev–Trinajstić information content (AvgIpc) is 3.46. The Hall–Kier alpha value is -1.33. The number of hydrogen-bond donors (Lipinski definition) is 13. The topological polar surface area (TPSA) is 354 Å². The van der Waals surface area contributed by atoms with Gasteiger partial charge in [0.15, 0.2) is 18.7 Å². The molecule has 58 heavy (non-hydrogen) atoms. The summed E-state index contributed by atoms with van der Waals surface area (Å²) in [4.78, 5) is 13.0. The molecule has 22 heteroatoms. The van der Waals surface area contributed by atoms with Crippen molar-refractivity contribution in [1.82, 2.24) is 0 Å². The Morgan fingerprint density at radius 2 is 1.00 bits per heavy atom. The van der Waals surface area contributed by atoms with E-state index in [0.29, 0.717) is 6.42 Å². The number of aliphatic hydroxyl groups is 13. The molecular weight excluding hydrogens is 784 g/mol. The van der Waals surface area contributed by atoms with E-state index < -0.39 is 155 Å². The summed E-state index contributed by atoms with van der Waals surface area (Å²) in [6.07, 6.45) is -22.8. The van der Waals surface area contributed by atoms with Crippen LogP contribution in [0.3, 0.4) is 0 Å². The highest BCUT2D eigenvalue weighted by Crippen LogP contribution is 2.37. The van der Waals surface area contributed by atoms with Crippen molar-refractivity contribution in [3.63, 3.8) is 0 Å². The number of rotatable bonds is 22. The molecule has 0 aromatic carbocycles. The van der Waals surface area contributed by atoms with E-state index in [-0.39, 0.29) is 6.42 Å². The molecule has 4 aliphatic heterocycles. The molecule has 0 radical (unpaired) electrons.